The highest BCUT2D eigenvalue weighted by atomic mass is 16.6. The molecule has 0 atom stereocenters. The molecule has 0 N–H and O–H groups in total. The monoisotopic (exact) mass is 362 g/mol. The van der Waals surface area contributed by atoms with Crippen LogP contribution in [0.2, 0.25) is 0 Å². The van der Waals surface area contributed by atoms with Crippen molar-refractivity contribution in [1.29, 1.82) is 0 Å². The molecule has 1 aromatic carbocycles. The van der Waals surface area contributed by atoms with Crippen LogP contribution in [0.3, 0.4) is 0 Å². The summed E-state index contributed by atoms with van der Waals surface area (Å²) in [6.45, 7) is 0.150. The van der Waals surface area contributed by atoms with Gasteiger partial charge >= 0.3 is 5.95 Å². The van der Waals surface area contributed by atoms with E-state index in [0.717, 1.165) is 11.1 Å². The molecule has 132 valence electrons. The van der Waals surface area contributed by atoms with Gasteiger partial charge in [-0.1, -0.05) is 23.2 Å². The molecule has 0 aliphatic heterocycles. The summed E-state index contributed by atoms with van der Waals surface area (Å²) < 4.78 is 4.58. The molecule has 27 heavy (non-hydrogen) atoms. The fraction of sp³-hybridized carbons (Fsp3) is 0.0667. The summed E-state index contributed by atoms with van der Waals surface area (Å²) in [5, 5.41) is 23.9. The van der Waals surface area contributed by atoms with Crippen LogP contribution in [0.15, 0.2) is 49.2 Å². The van der Waals surface area contributed by atoms with Crippen molar-refractivity contribution in [2.45, 2.75) is 6.54 Å². The third-order valence-electron chi connectivity index (χ3n) is 3.94. The average Bonchev–Trinajstić information content (AvgIpc) is 3.39. The van der Waals surface area contributed by atoms with Gasteiger partial charge in [0.25, 0.3) is 0 Å². The lowest BCUT2D eigenvalue weighted by molar-refractivity contribution is -0.394. The standard InChI is InChI=1S/C15H10N10O2/c26-25(27)15-17-8-22(21-15)7-12-19-14-11-6-18-24(10-4-2-1-3-5-10)13(11)16-9-23(14)20-12/h1-6,8-9H,7H2. The van der Waals surface area contributed by atoms with Crippen molar-refractivity contribution in [3.63, 3.8) is 0 Å². The van der Waals surface area contributed by atoms with Gasteiger partial charge in [-0.25, -0.2) is 19.2 Å². The molecule has 5 aromatic rings. The predicted octanol–water partition coefficient (Wildman–Crippen LogP) is 1.01. The van der Waals surface area contributed by atoms with Gasteiger partial charge in [0.05, 0.1) is 17.3 Å². The second-order valence-electron chi connectivity index (χ2n) is 5.67. The summed E-state index contributed by atoms with van der Waals surface area (Å²) in [5.41, 5.74) is 2.13. The molecule has 0 saturated heterocycles. The predicted molar refractivity (Wildman–Crippen MR) is 91.2 cm³/mol. The first-order chi connectivity index (χ1) is 13.2. The second-order valence-corrected chi connectivity index (χ2v) is 5.67. The van der Waals surface area contributed by atoms with Gasteiger partial charge in [-0.05, 0) is 17.1 Å². The van der Waals surface area contributed by atoms with E-state index in [-0.39, 0.29) is 6.54 Å². The van der Waals surface area contributed by atoms with Gasteiger partial charge in [-0.2, -0.15) is 9.78 Å². The van der Waals surface area contributed by atoms with Crippen molar-refractivity contribution in [3.05, 3.63) is 65.1 Å². The fourth-order valence-electron chi connectivity index (χ4n) is 2.78. The van der Waals surface area contributed by atoms with Gasteiger partial charge in [-0.15, -0.1) is 5.10 Å². The molecule has 0 aliphatic rings. The summed E-state index contributed by atoms with van der Waals surface area (Å²) in [4.78, 5) is 22.6. The Kier molecular flexibility index (Phi) is 3.16. The Bertz CT molecular complexity index is 1290. The number of rotatable bonds is 4. The van der Waals surface area contributed by atoms with Gasteiger partial charge < -0.3 is 10.1 Å². The number of nitro groups is 1. The van der Waals surface area contributed by atoms with Crippen LogP contribution in [0.5, 0.6) is 0 Å². The minimum Gasteiger partial charge on any atom is -0.390 e. The van der Waals surface area contributed by atoms with E-state index in [1.54, 1.807) is 21.7 Å². The highest BCUT2D eigenvalue weighted by Crippen LogP contribution is 2.19. The smallest absolute Gasteiger partial charge is 0.390 e. The molecule has 0 saturated carbocycles. The molecular weight excluding hydrogens is 352 g/mol. The zero-order valence-corrected chi connectivity index (χ0v) is 13.6. The quantitative estimate of drug-likeness (QED) is 0.341. The molecule has 0 radical (unpaired) electrons. The number of aromatic nitrogens is 9. The fourth-order valence-corrected chi connectivity index (χ4v) is 2.78. The average molecular weight is 362 g/mol. The van der Waals surface area contributed by atoms with Crippen molar-refractivity contribution in [2.24, 2.45) is 0 Å². The molecule has 0 fully saturated rings. The van der Waals surface area contributed by atoms with Gasteiger partial charge in [-0.3, -0.25) is 0 Å². The van der Waals surface area contributed by atoms with Gasteiger partial charge in [0.1, 0.15) is 12.9 Å². The summed E-state index contributed by atoms with van der Waals surface area (Å²) in [6.07, 6.45) is 4.51. The Hall–Kier alpha value is -4.22. The van der Waals surface area contributed by atoms with Crippen molar-refractivity contribution < 1.29 is 4.92 Å². The minimum atomic E-state index is -0.654. The number of nitrogens with zero attached hydrogens (tertiary/aromatic N) is 10. The van der Waals surface area contributed by atoms with E-state index >= 15 is 0 Å². The molecule has 0 aliphatic carbocycles. The largest absolute Gasteiger partial charge is 0.490 e. The molecule has 0 bridgehead atoms. The Morgan fingerprint density at radius 2 is 1.89 bits per heavy atom. The number of hydrogen-bond donors (Lipinski definition) is 0. The number of benzene rings is 1. The van der Waals surface area contributed by atoms with Crippen LogP contribution in [-0.2, 0) is 6.54 Å². The van der Waals surface area contributed by atoms with Gasteiger partial charge in [0.15, 0.2) is 17.1 Å². The highest BCUT2D eigenvalue weighted by molar-refractivity contribution is 5.89. The van der Waals surface area contributed by atoms with E-state index in [2.05, 4.69) is 30.2 Å². The normalized spacial score (nSPS) is 11.4. The van der Waals surface area contributed by atoms with Crippen molar-refractivity contribution in [1.82, 2.24) is 44.1 Å². The van der Waals surface area contributed by atoms with Gasteiger partial charge in [0.2, 0.25) is 6.33 Å². The Labute approximate surface area is 149 Å². The molecule has 0 amide bonds. The summed E-state index contributed by atoms with van der Waals surface area (Å²) >= 11 is 0. The number of fused-ring (bicyclic) bond motifs is 3. The van der Waals surface area contributed by atoms with Crippen LogP contribution in [0.1, 0.15) is 5.82 Å². The second kappa shape index (κ2) is 5.66. The van der Waals surface area contributed by atoms with Gasteiger partial charge in [0, 0.05) is 5.10 Å². The van der Waals surface area contributed by atoms with Crippen LogP contribution in [0, 0.1) is 10.1 Å². The Balaban J connectivity index is 1.56. The first kappa shape index (κ1) is 15.1. The van der Waals surface area contributed by atoms with E-state index in [4.69, 9.17) is 0 Å². The maximum absolute atomic E-state index is 10.7. The van der Waals surface area contributed by atoms with E-state index in [1.807, 2.05) is 30.3 Å². The Morgan fingerprint density at radius 1 is 1.04 bits per heavy atom. The SMILES string of the molecule is O=[N+]([O-])c1ncn(Cc2nc3c4cnn(-c5ccccc5)c4ncn3n2)n1. The van der Waals surface area contributed by atoms with Crippen LogP contribution < -0.4 is 0 Å². The zero-order chi connectivity index (χ0) is 18.4. The maximum Gasteiger partial charge on any atom is 0.490 e. The first-order valence-corrected chi connectivity index (χ1v) is 7.86. The summed E-state index contributed by atoms with van der Waals surface area (Å²) in [6, 6.07) is 9.65. The van der Waals surface area contributed by atoms with Crippen molar-refractivity contribution in [2.75, 3.05) is 0 Å². The van der Waals surface area contributed by atoms with Crippen LogP contribution in [-0.4, -0.2) is 49.1 Å². The lowest BCUT2D eigenvalue weighted by Crippen LogP contribution is -2.03. The maximum atomic E-state index is 10.7. The third kappa shape index (κ3) is 2.47. The van der Waals surface area contributed by atoms with Crippen LogP contribution in [0.25, 0.3) is 22.4 Å². The van der Waals surface area contributed by atoms with E-state index in [0.29, 0.717) is 17.1 Å². The molecule has 4 heterocycles. The lowest BCUT2D eigenvalue weighted by Gasteiger charge is -2.01. The number of para-hydroxylation sites is 1. The highest BCUT2D eigenvalue weighted by Gasteiger charge is 2.17. The van der Waals surface area contributed by atoms with Crippen molar-refractivity contribution >= 4 is 22.6 Å². The van der Waals surface area contributed by atoms with Crippen molar-refractivity contribution in [3.8, 4) is 5.69 Å². The molecular formula is C15H10N10O2. The zero-order valence-electron chi connectivity index (χ0n) is 13.6. The molecule has 12 heteroatoms. The molecule has 12 nitrogen and oxygen atoms in total. The third-order valence-corrected chi connectivity index (χ3v) is 3.94. The lowest BCUT2D eigenvalue weighted by atomic mass is 10.3. The van der Waals surface area contributed by atoms with Crippen LogP contribution >= 0.6 is 0 Å². The van der Waals surface area contributed by atoms with E-state index in [9.17, 15) is 10.1 Å². The molecule has 0 spiro atoms. The summed E-state index contributed by atoms with van der Waals surface area (Å²) in [5.74, 6) is -0.0384. The minimum absolute atomic E-state index is 0.150. The molecule has 4 aromatic heterocycles. The topological polar surface area (TPSA) is 135 Å². The molecule has 0 unspecified atom stereocenters. The Morgan fingerprint density at radius 3 is 2.67 bits per heavy atom. The first-order valence-electron chi connectivity index (χ1n) is 7.86. The van der Waals surface area contributed by atoms with Crippen LogP contribution in [0.4, 0.5) is 5.95 Å². The van der Waals surface area contributed by atoms with E-state index < -0.39 is 10.9 Å². The summed E-state index contributed by atoms with van der Waals surface area (Å²) in [7, 11) is 0. The molecule has 5 rings (SSSR count). The number of hydrogen-bond acceptors (Lipinski definition) is 8. The van der Waals surface area contributed by atoms with E-state index in [1.165, 1.54) is 11.0 Å².